The first kappa shape index (κ1) is 15.8. The van der Waals surface area contributed by atoms with Gasteiger partial charge in [0.15, 0.2) is 0 Å². The molecular formula is C15H19ClN2O3. The number of amides is 2. The molecule has 114 valence electrons. The summed E-state index contributed by atoms with van der Waals surface area (Å²) in [6, 6.07) is 6.97. The Morgan fingerprint density at radius 1 is 1.52 bits per heavy atom. The zero-order valence-electron chi connectivity index (χ0n) is 11.9. The van der Waals surface area contributed by atoms with E-state index in [2.05, 4.69) is 5.32 Å². The molecule has 1 heterocycles. The molecule has 0 aromatic heterocycles. The van der Waals surface area contributed by atoms with Crippen LogP contribution in [0.1, 0.15) is 25.0 Å². The van der Waals surface area contributed by atoms with Crippen LogP contribution in [0.15, 0.2) is 24.3 Å². The SMILES string of the molecule is CCN1CC(C(=O)NCC(O)c2ccccc2Cl)CC1=O. The first-order valence-electron chi connectivity index (χ1n) is 7.01. The molecule has 1 aliphatic heterocycles. The van der Waals surface area contributed by atoms with E-state index in [0.717, 1.165) is 0 Å². The number of aliphatic hydroxyl groups excluding tert-OH is 1. The van der Waals surface area contributed by atoms with Gasteiger partial charge in [-0.05, 0) is 13.0 Å². The summed E-state index contributed by atoms with van der Waals surface area (Å²) < 4.78 is 0. The first-order chi connectivity index (χ1) is 10.0. The van der Waals surface area contributed by atoms with Crippen molar-refractivity contribution < 1.29 is 14.7 Å². The summed E-state index contributed by atoms with van der Waals surface area (Å²) in [6.45, 7) is 3.03. The van der Waals surface area contributed by atoms with Crippen LogP contribution >= 0.6 is 11.6 Å². The minimum atomic E-state index is -0.859. The maximum Gasteiger partial charge on any atom is 0.225 e. The fraction of sp³-hybridized carbons (Fsp3) is 0.467. The number of nitrogens with one attached hydrogen (secondary N) is 1. The third-order valence-corrected chi connectivity index (χ3v) is 4.05. The van der Waals surface area contributed by atoms with Gasteiger partial charge in [0.25, 0.3) is 0 Å². The summed E-state index contributed by atoms with van der Waals surface area (Å²) in [5, 5.41) is 13.2. The summed E-state index contributed by atoms with van der Waals surface area (Å²) >= 11 is 5.99. The normalized spacial score (nSPS) is 19.7. The van der Waals surface area contributed by atoms with Gasteiger partial charge in [-0.1, -0.05) is 29.8 Å². The van der Waals surface area contributed by atoms with E-state index in [0.29, 0.717) is 23.7 Å². The number of carbonyl (C=O) groups is 2. The summed E-state index contributed by atoms with van der Waals surface area (Å²) in [6.07, 6.45) is -0.621. The fourth-order valence-corrected chi connectivity index (χ4v) is 2.71. The van der Waals surface area contributed by atoms with E-state index in [-0.39, 0.29) is 30.7 Å². The van der Waals surface area contributed by atoms with Gasteiger partial charge in [-0.2, -0.15) is 0 Å². The van der Waals surface area contributed by atoms with Crippen molar-refractivity contribution in [3.8, 4) is 0 Å². The lowest BCUT2D eigenvalue weighted by Gasteiger charge is -2.16. The van der Waals surface area contributed by atoms with Crippen molar-refractivity contribution in [1.82, 2.24) is 10.2 Å². The van der Waals surface area contributed by atoms with Crippen LogP contribution in [0.5, 0.6) is 0 Å². The lowest BCUT2D eigenvalue weighted by molar-refractivity contribution is -0.129. The highest BCUT2D eigenvalue weighted by Crippen LogP contribution is 2.22. The number of halogens is 1. The molecule has 0 radical (unpaired) electrons. The molecule has 2 unspecified atom stereocenters. The second-order valence-corrected chi connectivity index (χ2v) is 5.52. The Bertz CT molecular complexity index is 535. The van der Waals surface area contributed by atoms with Crippen LogP contribution in [0.4, 0.5) is 0 Å². The quantitative estimate of drug-likeness (QED) is 0.862. The number of benzene rings is 1. The average molecular weight is 311 g/mol. The van der Waals surface area contributed by atoms with Crippen LogP contribution in [0.25, 0.3) is 0 Å². The maximum absolute atomic E-state index is 12.0. The van der Waals surface area contributed by atoms with Crippen molar-refractivity contribution in [2.45, 2.75) is 19.4 Å². The van der Waals surface area contributed by atoms with Gasteiger partial charge >= 0.3 is 0 Å². The third-order valence-electron chi connectivity index (χ3n) is 3.70. The summed E-state index contributed by atoms with van der Waals surface area (Å²) in [4.78, 5) is 25.3. The summed E-state index contributed by atoms with van der Waals surface area (Å²) in [5.74, 6) is -0.536. The van der Waals surface area contributed by atoms with E-state index in [4.69, 9.17) is 11.6 Å². The smallest absolute Gasteiger partial charge is 0.225 e. The molecule has 6 heteroatoms. The second-order valence-electron chi connectivity index (χ2n) is 5.12. The lowest BCUT2D eigenvalue weighted by atomic mass is 10.1. The van der Waals surface area contributed by atoms with Gasteiger partial charge < -0.3 is 15.3 Å². The lowest BCUT2D eigenvalue weighted by Crippen LogP contribution is -2.35. The van der Waals surface area contributed by atoms with Crippen molar-refractivity contribution in [1.29, 1.82) is 0 Å². The second kappa shape index (κ2) is 6.91. The van der Waals surface area contributed by atoms with Crippen LogP contribution in [0.3, 0.4) is 0 Å². The molecule has 2 N–H and O–H groups in total. The molecule has 2 rings (SSSR count). The van der Waals surface area contributed by atoms with E-state index in [1.54, 1.807) is 29.2 Å². The molecule has 0 aliphatic carbocycles. The van der Waals surface area contributed by atoms with Crippen molar-refractivity contribution in [3.63, 3.8) is 0 Å². The van der Waals surface area contributed by atoms with Crippen molar-refractivity contribution in [2.24, 2.45) is 5.92 Å². The highest BCUT2D eigenvalue weighted by molar-refractivity contribution is 6.31. The first-order valence-corrected chi connectivity index (χ1v) is 7.38. The van der Waals surface area contributed by atoms with E-state index in [9.17, 15) is 14.7 Å². The van der Waals surface area contributed by atoms with Gasteiger partial charge in [-0.15, -0.1) is 0 Å². The number of carbonyl (C=O) groups excluding carboxylic acids is 2. The van der Waals surface area contributed by atoms with Crippen LogP contribution < -0.4 is 5.32 Å². The molecular weight excluding hydrogens is 292 g/mol. The Kier molecular flexibility index (Phi) is 5.20. The van der Waals surface area contributed by atoms with Crippen LogP contribution in [0, 0.1) is 5.92 Å². The maximum atomic E-state index is 12.0. The Morgan fingerprint density at radius 3 is 2.86 bits per heavy atom. The monoisotopic (exact) mass is 310 g/mol. The topological polar surface area (TPSA) is 69.6 Å². The zero-order chi connectivity index (χ0) is 15.4. The zero-order valence-corrected chi connectivity index (χ0v) is 12.6. The van der Waals surface area contributed by atoms with Gasteiger partial charge in [0.2, 0.25) is 11.8 Å². The Hall–Kier alpha value is -1.59. The minimum absolute atomic E-state index is 0.00398. The molecule has 0 spiro atoms. The summed E-state index contributed by atoms with van der Waals surface area (Å²) in [7, 11) is 0. The molecule has 21 heavy (non-hydrogen) atoms. The van der Waals surface area contributed by atoms with Crippen LogP contribution in [0.2, 0.25) is 5.02 Å². The standard InChI is InChI=1S/C15H19ClN2O3/c1-2-18-9-10(7-14(18)20)15(21)17-8-13(19)11-5-3-4-6-12(11)16/h3-6,10,13,19H,2,7-9H2,1H3,(H,17,21). The Balaban J connectivity index is 1.87. The van der Waals surface area contributed by atoms with Crippen LogP contribution in [-0.2, 0) is 9.59 Å². The van der Waals surface area contributed by atoms with Crippen molar-refractivity contribution >= 4 is 23.4 Å². The minimum Gasteiger partial charge on any atom is -0.387 e. The van der Waals surface area contributed by atoms with E-state index in [1.165, 1.54) is 0 Å². The van der Waals surface area contributed by atoms with Gasteiger partial charge in [-0.3, -0.25) is 9.59 Å². The molecule has 1 fully saturated rings. The number of aliphatic hydroxyl groups is 1. The average Bonchev–Trinajstić information content (AvgIpc) is 2.86. The molecule has 1 aliphatic rings. The number of nitrogens with zero attached hydrogens (tertiary/aromatic N) is 1. The van der Waals surface area contributed by atoms with Crippen molar-refractivity contribution in [2.75, 3.05) is 19.6 Å². The largest absolute Gasteiger partial charge is 0.387 e. The Morgan fingerprint density at radius 2 is 2.24 bits per heavy atom. The molecule has 1 saturated heterocycles. The van der Waals surface area contributed by atoms with Crippen molar-refractivity contribution in [3.05, 3.63) is 34.9 Å². The van der Waals surface area contributed by atoms with Gasteiger partial charge in [0, 0.05) is 36.6 Å². The number of rotatable bonds is 5. The number of likely N-dealkylation sites (tertiary alicyclic amines) is 1. The number of hydrogen-bond donors (Lipinski definition) is 2. The molecule has 1 aromatic rings. The van der Waals surface area contributed by atoms with E-state index >= 15 is 0 Å². The van der Waals surface area contributed by atoms with E-state index in [1.807, 2.05) is 6.92 Å². The summed E-state index contributed by atoms with van der Waals surface area (Å²) in [5.41, 5.74) is 0.581. The van der Waals surface area contributed by atoms with E-state index < -0.39 is 6.10 Å². The molecule has 5 nitrogen and oxygen atoms in total. The van der Waals surface area contributed by atoms with Gasteiger partial charge in [-0.25, -0.2) is 0 Å². The molecule has 0 saturated carbocycles. The highest BCUT2D eigenvalue weighted by atomic mass is 35.5. The molecule has 2 atom stereocenters. The Labute approximate surface area is 128 Å². The predicted octanol–water partition coefficient (Wildman–Crippen LogP) is 1.36. The van der Waals surface area contributed by atoms with Gasteiger partial charge in [0.1, 0.15) is 0 Å². The molecule has 2 amide bonds. The predicted molar refractivity (Wildman–Crippen MR) is 79.8 cm³/mol. The van der Waals surface area contributed by atoms with Crippen LogP contribution in [-0.4, -0.2) is 41.5 Å². The fourth-order valence-electron chi connectivity index (χ4n) is 2.45. The third kappa shape index (κ3) is 3.74. The highest BCUT2D eigenvalue weighted by Gasteiger charge is 2.33. The molecule has 0 bridgehead atoms. The number of hydrogen-bond acceptors (Lipinski definition) is 3. The van der Waals surface area contributed by atoms with Gasteiger partial charge in [0.05, 0.1) is 12.0 Å². The molecule has 1 aromatic carbocycles.